The van der Waals surface area contributed by atoms with Crippen molar-refractivity contribution < 1.29 is 38.5 Å². The average molecular weight is 410 g/mol. The van der Waals surface area contributed by atoms with Crippen LogP contribution in [0.2, 0.25) is 0 Å². The van der Waals surface area contributed by atoms with E-state index in [1.807, 2.05) is 0 Å². The summed E-state index contributed by atoms with van der Waals surface area (Å²) in [5.41, 5.74) is -1.75. The molecule has 1 atom stereocenters. The third-order valence-corrected chi connectivity index (χ3v) is 7.08. The van der Waals surface area contributed by atoms with Crippen molar-refractivity contribution in [1.82, 2.24) is 0 Å². The normalized spacial score (nSPS) is 14.6. The minimum Gasteiger partial charge on any atom is -0.282 e. The molecular formula is C13H14O9S3. The van der Waals surface area contributed by atoms with Crippen LogP contribution in [-0.4, -0.2) is 39.8 Å². The minimum atomic E-state index is -5.02. The lowest BCUT2D eigenvalue weighted by molar-refractivity contribution is 0.251. The predicted molar refractivity (Wildman–Crippen MR) is 87.8 cm³/mol. The summed E-state index contributed by atoms with van der Waals surface area (Å²) < 4.78 is 92.1. The molecule has 2 N–H and O–H groups in total. The molecule has 0 fully saturated rings. The van der Waals surface area contributed by atoms with Gasteiger partial charge in [-0.2, -0.15) is 16.8 Å². The first-order valence-electron chi connectivity index (χ1n) is 6.64. The SMILES string of the molecule is Cc1ccc2c(S(=O)(=O)C(C)OS(=O)(=O)O)cccc2c1S(=O)(=O)O. The Hall–Kier alpha value is -1.57. The maximum atomic E-state index is 12.6. The van der Waals surface area contributed by atoms with Crippen LogP contribution >= 0.6 is 0 Å². The molecule has 9 nitrogen and oxygen atoms in total. The highest BCUT2D eigenvalue weighted by atomic mass is 32.3. The zero-order chi connectivity index (χ0) is 19.2. The van der Waals surface area contributed by atoms with Crippen LogP contribution in [0.3, 0.4) is 0 Å². The molecule has 2 rings (SSSR count). The Morgan fingerprint density at radius 2 is 1.52 bits per heavy atom. The molecule has 25 heavy (non-hydrogen) atoms. The molecule has 2 aromatic carbocycles. The first kappa shape index (κ1) is 19.8. The van der Waals surface area contributed by atoms with Crippen molar-refractivity contribution in [2.24, 2.45) is 0 Å². The van der Waals surface area contributed by atoms with Crippen molar-refractivity contribution in [3.05, 3.63) is 35.9 Å². The third-order valence-electron chi connectivity index (χ3n) is 3.43. The van der Waals surface area contributed by atoms with Crippen LogP contribution in [0.1, 0.15) is 12.5 Å². The zero-order valence-electron chi connectivity index (χ0n) is 12.9. The fourth-order valence-corrected chi connectivity index (χ4v) is 5.50. The quantitative estimate of drug-likeness (QED) is 0.695. The van der Waals surface area contributed by atoms with Crippen LogP contribution in [0.15, 0.2) is 40.1 Å². The molecule has 0 aliphatic carbocycles. The number of benzene rings is 2. The number of rotatable bonds is 5. The van der Waals surface area contributed by atoms with Crippen LogP contribution in [0.25, 0.3) is 10.8 Å². The van der Waals surface area contributed by atoms with E-state index < -0.39 is 45.6 Å². The molecule has 0 radical (unpaired) electrons. The Kier molecular flexibility index (Phi) is 4.98. The second-order valence-electron chi connectivity index (χ2n) is 5.17. The van der Waals surface area contributed by atoms with Crippen LogP contribution in [0.5, 0.6) is 0 Å². The lowest BCUT2D eigenvalue weighted by Crippen LogP contribution is -2.24. The second-order valence-corrected chi connectivity index (χ2v) is 9.77. The van der Waals surface area contributed by atoms with E-state index >= 15 is 0 Å². The van der Waals surface area contributed by atoms with E-state index in [1.54, 1.807) is 0 Å². The van der Waals surface area contributed by atoms with Crippen LogP contribution in [0, 0.1) is 6.92 Å². The third kappa shape index (κ3) is 3.99. The van der Waals surface area contributed by atoms with E-state index in [0.29, 0.717) is 0 Å². The van der Waals surface area contributed by atoms with Crippen LogP contribution in [-0.2, 0) is 34.5 Å². The molecule has 0 heterocycles. The van der Waals surface area contributed by atoms with Crippen molar-refractivity contribution in [3.63, 3.8) is 0 Å². The Morgan fingerprint density at radius 3 is 2.04 bits per heavy atom. The largest absolute Gasteiger partial charge is 0.398 e. The smallest absolute Gasteiger partial charge is 0.282 e. The highest BCUT2D eigenvalue weighted by Gasteiger charge is 2.31. The summed E-state index contributed by atoms with van der Waals surface area (Å²) in [7, 11) is -14.1. The molecule has 2 aromatic rings. The molecule has 0 aromatic heterocycles. The summed E-state index contributed by atoms with van der Waals surface area (Å²) in [6, 6.07) is 6.30. The fraction of sp³-hybridized carbons (Fsp3) is 0.231. The van der Waals surface area contributed by atoms with Gasteiger partial charge in [0, 0.05) is 10.8 Å². The van der Waals surface area contributed by atoms with Gasteiger partial charge in [-0.05, 0) is 25.5 Å². The van der Waals surface area contributed by atoms with E-state index in [-0.39, 0.29) is 16.3 Å². The topological polar surface area (TPSA) is 152 Å². The summed E-state index contributed by atoms with van der Waals surface area (Å²) in [4.78, 5) is -0.864. The first-order valence-corrected chi connectivity index (χ1v) is 11.0. The molecular weight excluding hydrogens is 396 g/mol. The Balaban J connectivity index is 2.81. The van der Waals surface area contributed by atoms with Crippen LogP contribution < -0.4 is 0 Å². The minimum absolute atomic E-state index is 0.0495. The van der Waals surface area contributed by atoms with E-state index in [9.17, 15) is 29.8 Å². The van der Waals surface area contributed by atoms with E-state index in [0.717, 1.165) is 13.0 Å². The summed E-state index contributed by atoms with van der Waals surface area (Å²) in [6.45, 7) is 2.33. The number of hydrogen-bond acceptors (Lipinski definition) is 7. The highest BCUT2D eigenvalue weighted by Crippen LogP contribution is 2.32. The second kappa shape index (κ2) is 6.30. The lowest BCUT2D eigenvalue weighted by atomic mass is 10.1. The monoisotopic (exact) mass is 410 g/mol. The van der Waals surface area contributed by atoms with Gasteiger partial charge in [0.25, 0.3) is 10.1 Å². The number of aryl methyl sites for hydroxylation is 1. The molecule has 0 spiro atoms. The predicted octanol–water partition coefficient (Wildman–Crippen LogP) is 1.33. The maximum Gasteiger partial charge on any atom is 0.398 e. The molecule has 138 valence electrons. The van der Waals surface area contributed by atoms with Gasteiger partial charge in [0.2, 0.25) is 9.84 Å². The van der Waals surface area contributed by atoms with Crippen LogP contribution in [0.4, 0.5) is 0 Å². The van der Waals surface area contributed by atoms with Gasteiger partial charge in [0.1, 0.15) is 4.90 Å². The van der Waals surface area contributed by atoms with Crippen molar-refractivity contribution in [2.45, 2.75) is 29.1 Å². The summed E-state index contributed by atoms with van der Waals surface area (Å²) in [6.07, 6.45) is 0. The standard InChI is InChI=1S/C13H14O9S3/c1-8-6-7-10-11(13(8)24(16,17)18)4-3-5-12(10)23(14,15)9(2)22-25(19,20)21/h3-7,9H,1-2H3,(H,16,17,18)(H,19,20,21). The lowest BCUT2D eigenvalue weighted by Gasteiger charge is -2.15. The highest BCUT2D eigenvalue weighted by molar-refractivity contribution is 7.92. The maximum absolute atomic E-state index is 12.6. The molecule has 0 aliphatic rings. The van der Waals surface area contributed by atoms with Gasteiger partial charge in [0.05, 0.1) is 4.90 Å². The summed E-state index contributed by atoms with van der Waals surface area (Å²) >= 11 is 0. The van der Waals surface area contributed by atoms with Crippen molar-refractivity contribution >= 4 is 41.1 Å². The van der Waals surface area contributed by atoms with Gasteiger partial charge in [-0.25, -0.2) is 12.6 Å². The van der Waals surface area contributed by atoms with Gasteiger partial charge in [0.15, 0.2) is 5.44 Å². The molecule has 0 saturated heterocycles. The van der Waals surface area contributed by atoms with Crippen molar-refractivity contribution in [1.29, 1.82) is 0 Å². The molecule has 0 saturated carbocycles. The van der Waals surface area contributed by atoms with Gasteiger partial charge < -0.3 is 0 Å². The molecule has 0 bridgehead atoms. The van der Waals surface area contributed by atoms with Gasteiger partial charge >= 0.3 is 10.4 Å². The Labute approximate surface area is 144 Å². The fourth-order valence-electron chi connectivity index (χ4n) is 2.40. The van der Waals surface area contributed by atoms with Crippen molar-refractivity contribution in [3.8, 4) is 0 Å². The summed E-state index contributed by atoms with van der Waals surface area (Å²) in [5, 5.41) is -0.103. The van der Waals surface area contributed by atoms with Gasteiger partial charge in [-0.3, -0.25) is 9.11 Å². The van der Waals surface area contributed by atoms with E-state index in [4.69, 9.17) is 4.55 Å². The van der Waals surface area contributed by atoms with E-state index in [2.05, 4.69) is 4.18 Å². The molecule has 0 amide bonds. The van der Waals surface area contributed by atoms with Gasteiger partial charge in [-0.1, -0.05) is 24.3 Å². The number of fused-ring (bicyclic) bond motifs is 1. The number of sulfone groups is 1. The Morgan fingerprint density at radius 1 is 0.920 bits per heavy atom. The zero-order valence-corrected chi connectivity index (χ0v) is 15.4. The molecule has 12 heteroatoms. The molecule has 1 unspecified atom stereocenters. The molecule has 0 aliphatic heterocycles. The summed E-state index contributed by atoms with van der Waals surface area (Å²) in [5.74, 6) is 0. The first-order chi connectivity index (χ1) is 11.2. The average Bonchev–Trinajstić information content (AvgIpc) is 2.42. The van der Waals surface area contributed by atoms with E-state index in [1.165, 1.54) is 31.2 Å². The van der Waals surface area contributed by atoms with Gasteiger partial charge in [-0.15, -0.1) is 0 Å². The Bertz CT molecular complexity index is 1150. The number of hydrogen-bond donors (Lipinski definition) is 2. The van der Waals surface area contributed by atoms with Crippen molar-refractivity contribution in [2.75, 3.05) is 0 Å².